The predicted octanol–water partition coefficient (Wildman–Crippen LogP) is 1.90. The van der Waals surface area contributed by atoms with Crippen LogP contribution in [0.2, 0.25) is 0 Å². The van der Waals surface area contributed by atoms with Crippen molar-refractivity contribution in [2.75, 3.05) is 13.2 Å². The van der Waals surface area contributed by atoms with Gasteiger partial charge in [0.2, 0.25) is 5.76 Å². The van der Waals surface area contributed by atoms with Gasteiger partial charge in [-0.15, -0.1) is 0 Å². The summed E-state index contributed by atoms with van der Waals surface area (Å²) in [6, 6.07) is 7.47. The average molecular weight is 360 g/mol. The Labute approximate surface area is 150 Å². The molecule has 8 heteroatoms. The molecular formula is C18H20N2O6. The van der Waals surface area contributed by atoms with Crippen LogP contribution in [-0.2, 0) is 11.2 Å². The largest absolute Gasteiger partial charge is 0.486 e. The lowest BCUT2D eigenvalue weighted by molar-refractivity contribution is -0.0138. The van der Waals surface area contributed by atoms with E-state index in [0.29, 0.717) is 37.5 Å². The van der Waals surface area contributed by atoms with Crippen molar-refractivity contribution in [1.82, 2.24) is 10.5 Å². The summed E-state index contributed by atoms with van der Waals surface area (Å²) < 4.78 is 16.4. The maximum absolute atomic E-state index is 12.4. The molecule has 0 bridgehead atoms. The Kier molecular flexibility index (Phi) is 5.52. The van der Waals surface area contributed by atoms with Crippen LogP contribution in [0, 0.1) is 0 Å². The first-order valence-electron chi connectivity index (χ1n) is 8.41. The molecule has 0 spiro atoms. The molecule has 1 aromatic carbocycles. The minimum absolute atomic E-state index is 0.165. The molecule has 0 aliphatic carbocycles. The zero-order chi connectivity index (χ0) is 18.5. The van der Waals surface area contributed by atoms with Crippen molar-refractivity contribution in [1.29, 1.82) is 0 Å². The van der Waals surface area contributed by atoms with Crippen molar-refractivity contribution < 1.29 is 28.7 Å². The normalized spacial score (nSPS) is 19.7. The molecule has 1 amide bonds. The standard InChI is InChI=1S/C18H20N2O6/c1-2-12-9-15(26-20-12)17(21)19-14-7-8-24-10-16(14)25-13-5-3-11(4-6-13)18(22)23/h3-6,9,14,16H,2,7-8,10H2,1H3,(H,19,21)(H,22,23)/t14-,16-/m1/s1. The molecule has 0 unspecified atom stereocenters. The van der Waals surface area contributed by atoms with E-state index in [9.17, 15) is 9.59 Å². The van der Waals surface area contributed by atoms with E-state index in [1.54, 1.807) is 18.2 Å². The number of rotatable bonds is 6. The molecule has 2 atom stereocenters. The van der Waals surface area contributed by atoms with E-state index in [1.807, 2.05) is 6.92 Å². The van der Waals surface area contributed by atoms with E-state index >= 15 is 0 Å². The van der Waals surface area contributed by atoms with E-state index in [2.05, 4.69) is 10.5 Å². The second kappa shape index (κ2) is 8.01. The molecule has 1 saturated heterocycles. The van der Waals surface area contributed by atoms with Gasteiger partial charge in [0.15, 0.2) is 0 Å². The van der Waals surface area contributed by atoms with E-state index in [-0.39, 0.29) is 23.3 Å². The minimum Gasteiger partial charge on any atom is -0.486 e. The van der Waals surface area contributed by atoms with Crippen molar-refractivity contribution in [3.8, 4) is 5.75 Å². The number of nitrogens with zero attached hydrogens (tertiary/aromatic N) is 1. The molecule has 1 aromatic heterocycles. The third-order valence-electron chi connectivity index (χ3n) is 4.15. The molecular weight excluding hydrogens is 340 g/mol. The van der Waals surface area contributed by atoms with Crippen LogP contribution in [0.3, 0.4) is 0 Å². The second-order valence-corrected chi connectivity index (χ2v) is 5.97. The number of carbonyl (C=O) groups is 2. The number of benzene rings is 1. The molecule has 1 aliphatic rings. The summed E-state index contributed by atoms with van der Waals surface area (Å²) in [5.41, 5.74) is 0.896. The fourth-order valence-electron chi connectivity index (χ4n) is 2.67. The summed E-state index contributed by atoms with van der Waals surface area (Å²) in [5, 5.41) is 15.7. The lowest BCUT2D eigenvalue weighted by atomic mass is 10.1. The van der Waals surface area contributed by atoms with Crippen LogP contribution in [0.25, 0.3) is 0 Å². The summed E-state index contributed by atoms with van der Waals surface area (Å²) in [4.78, 5) is 23.3. The number of carboxylic acid groups (broad SMARTS) is 1. The Morgan fingerprint density at radius 2 is 2.12 bits per heavy atom. The minimum atomic E-state index is -0.999. The highest BCUT2D eigenvalue weighted by molar-refractivity contribution is 5.91. The lowest BCUT2D eigenvalue weighted by Crippen LogP contribution is -2.51. The van der Waals surface area contributed by atoms with E-state index in [1.165, 1.54) is 12.1 Å². The molecule has 2 N–H and O–H groups in total. The zero-order valence-electron chi connectivity index (χ0n) is 14.3. The van der Waals surface area contributed by atoms with Crippen molar-refractivity contribution in [3.63, 3.8) is 0 Å². The molecule has 0 saturated carbocycles. The third kappa shape index (κ3) is 4.20. The SMILES string of the molecule is CCc1cc(C(=O)N[C@@H]2CCOC[C@H]2Oc2ccc(C(=O)O)cc2)on1. The number of aromatic carboxylic acids is 1. The predicted molar refractivity (Wildman–Crippen MR) is 90.4 cm³/mol. The first-order chi connectivity index (χ1) is 12.6. The van der Waals surface area contributed by atoms with Crippen molar-refractivity contribution >= 4 is 11.9 Å². The Balaban J connectivity index is 1.65. The average Bonchev–Trinajstić information content (AvgIpc) is 3.13. The van der Waals surface area contributed by atoms with Crippen molar-refractivity contribution in [2.24, 2.45) is 0 Å². The highest BCUT2D eigenvalue weighted by Crippen LogP contribution is 2.19. The molecule has 2 heterocycles. The number of aryl methyl sites for hydroxylation is 1. The number of carboxylic acids is 1. The molecule has 0 radical (unpaired) electrons. The number of aromatic nitrogens is 1. The summed E-state index contributed by atoms with van der Waals surface area (Å²) in [6.07, 6.45) is 0.891. The Bertz CT molecular complexity index is 770. The zero-order valence-corrected chi connectivity index (χ0v) is 14.3. The van der Waals surface area contributed by atoms with Gasteiger partial charge in [-0.25, -0.2) is 4.79 Å². The van der Waals surface area contributed by atoms with E-state index in [0.717, 1.165) is 0 Å². The van der Waals surface area contributed by atoms with Crippen LogP contribution in [0.1, 0.15) is 40.0 Å². The van der Waals surface area contributed by atoms with Crippen LogP contribution in [-0.4, -0.2) is 47.5 Å². The van der Waals surface area contributed by atoms with Gasteiger partial charge in [-0.2, -0.15) is 0 Å². The topological polar surface area (TPSA) is 111 Å². The second-order valence-electron chi connectivity index (χ2n) is 5.97. The van der Waals surface area contributed by atoms with Gasteiger partial charge in [0.05, 0.1) is 23.9 Å². The number of hydrogen-bond acceptors (Lipinski definition) is 6. The molecule has 1 fully saturated rings. The van der Waals surface area contributed by atoms with Crippen molar-refractivity contribution in [2.45, 2.75) is 31.9 Å². The fraction of sp³-hybridized carbons (Fsp3) is 0.389. The molecule has 26 heavy (non-hydrogen) atoms. The maximum atomic E-state index is 12.4. The molecule has 1 aliphatic heterocycles. The van der Waals surface area contributed by atoms with Crippen LogP contribution < -0.4 is 10.1 Å². The van der Waals surface area contributed by atoms with Crippen LogP contribution in [0.15, 0.2) is 34.9 Å². The first kappa shape index (κ1) is 17.9. The summed E-state index contributed by atoms with van der Waals surface area (Å²) in [7, 11) is 0. The first-order valence-corrected chi connectivity index (χ1v) is 8.41. The van der Waals surface area contributed by atoms with Gasteiger partial charge in [0.1, 0.15) is 11.9 Å². The van der Waals surface area contributed by atoms with Crippen molar-refractivity contribution in [3.05, 3.63) is 47.3 Å². The Hall–Kier alpha value is -2.87. The molecule has 3 rings (SSSR count). The molecule has 8 nitrogen and oxygen atoms in total. The summed E-state index contributed by atoms with van der Waals surface area (Å²) in [5.74, 6) is -0.671. The molecule has 138 valence electrons. The highest BCUT2D eigenvalue weighted by Gasteiger charge is 2.30. The van der Waals surface area contributed by atoms with Gasteiger partial charge in [-0.3, -0.25) is 4.79 Å². The monoisotopic (exact) mass is 360 g/mol. The Morgan fingerprint density at radius 1 is 1.35 bits per heavy atom. The third-order valence-corrected chi connectivity index (χ3v) is 4.15. The Morgan fingerprint density at radius 3 is 2.77 bits per heavy atom. The number of nitrogens with one attached hydrogen (secondary N) is 1. The van der Waals surface area contributed by atoms with E-state index in [4.69, 9.17) is 19.1 Å². The number of amides is 1. The lowest BCUT2D eigenvalue weighted by Gasteiger charge is -2.32. The van der Waals surface area contributed by atoms with Gasteiger partial charge in [0, 0.05) is 12.7 Å². The molecule has 2 aromatic rings. The number of carbonyl (C=O) groups excluding carboxylic acids is 1. The van der Waals surface area contributed by atoms with Gasteiger partial charge in [-0.1, -0.05) is 12.1 Å². The smallest absolute Gasteiger partial charge is 0.335 e. The quantitative estimate of drug-likeness (QED) is 0.809. The van der Waals surface area contributed by atoms with Crippen LogP contribution in [0.4, 0.5) is 0 Å². The highest BCUT2D eigenvalue weighted by atomic mass is 16.5. The summed E-state index contributed by atoms with van der Waals surface area (Å²) >= 11 is 0. The summed E-state index contributed by atoms with van der Waals surface area (Å²) in [6.45, 7) is 2.76. The van der Waals surface area contributed by atoms with Crippen LogP contribution in [0.5, 0.6) is 5.75 Å². The van der Waals surface area contributed by atoms with Gasteiger partial charge < -0.3 is 24.4 Å². The van der Waals surface area contributed by atoms with Gasteiger partial charge >= 0.3 is 5.97 Å². The van der Waals surface area contributed by atoms with Gasteiger partial charge in [0.25, 0.3) is 5.91 Å². The maximum Gasteiger partial charge on any atom is 0.335 e. The number of ether oxygens (including phenoxy) is 2. The fourth-order valence-corrected chi connectivity index (χ4v) is 2.67. The van der Waals surface area contributed by atoms with Crippen LogP contribution >= 0.6 is 0 Å². The van der Waals surface area contributed by atoms with Gasteiger partial charge in [-0.05, 0) is 37.1 Å². The number of hydrogen-bond donors (Lipinski definition) is 2. The van der Waals surface area contributed by atoms with E-state index < -0.39 is 12.1 Å².